The van der Waals surface area contributed by atoms with E-state index in [0.717, 1.165) is 42.5 Å². The van der Waals surface area contributed by atoms with Crippen LogP contribution in [0, 0.1) is 5.92 Å². The summed E-state index contributed by atoms with van der Waals surface area (Å²) in [5.74, 6) is 0.841. The van der Waals surface area contributed by atoms with Gasteiger partial charge in [-0.25, -0.2) is 0 Å². The Balaban J connectivity index is 1.94. The molecule has 1 fully saturated rings. The van der Waals surface area contributed by atoms with Gasteiger partial charge in [0.2, 0.25) is 0 Å². The Kier molecular flexibility index (Phi) is 4.92. The lowest BCUT2D eigenvalue weighted by Crippen LogP contribution is -2.45. The number of likely N-dealkylation sites (tertiary alicyclic amines) is 1. The van der Waals surface area contributed by atoms with Crippen LogP contribution in [0.4, 0.5) is 0 Å². The molecule has 1 saturated heterocycles. The molecule has 5 nitrogen and oxygen atoms in total. The average molecular weight is 329 g/mol. The summed E-state index contributed by atoms with van der Waals surface area (Å²) in [7, 11) is 4.01. The van der Waals surface area contributed by atoms with Crippen molar-refractivity contribution in [1.29, 1.82) is 0 Å². The molecule has 5 heteroatoms. The van der Waals surface area contributed by atoms with Gasteiger partial charge >= 0.3 is 0 Å². The standard InChI is InChI=1S/C19H27N3O2/c1-13(20)14-7-6-10-22(11-14)19(23)18-16(12-21(2)3)15-8-4-5-9-17(15)24-18/h4-5,8-9,13-14H,6-7,10-12,20H2,1-3H3/t13-,14-/m0/s1. The van der Waals surface area contributed by atoms with Gasteiger partial charge in [0.15, 0.2) is 5.76 Å². The van der Waals surface area contributed by atoms with Crippen LogP contribution >= 0.6 is 0 Å². The van der Waals surface area contributed by atoms with E-state index >= 15 is 0 Å². The third-order valence-electron chi connectivity index (χ3n) is 4.86. The highest BCUT2D eigenvalue weighted by atomic mass is 16.3. The first-order valence-electron chi connectivity index (χ1n) is 8.67. The first-order chi connectivity index (χ1) is 11.5. The highest BCUT2D eigenvalue weighted by Crippen LogP contribution is 2.29. The summed E-state index contributed by atoms with van der Waals surface area (Å²) < 4.78 is 5.96. The van der Waals surface area contributed by atoms with E-state index in [1.807, 2.05) is 50.2 Å². The molecule has 2 atom stereocenters. The van der Waals surface area contributed by atoms with Crippen LogP contribution < -0.4 is 5.73 Å². The van der Waals surface area contributed by atoms with E-state index in [2.05, 4.69) is 4.90 Å². The second-order valence-corrected chi connectivity index (χ2v) is 7.16. The zero-order chi connectivity index (χ0) is 17.3. The summed E-state index contributed by atoms with van der Waals surface area (Å²) in [6.45, 7) is 4.20. The molecule has 3 rings (SSSR count). The Bertz CT molecular complexity index is 720. The van der Waals surface area contributed by atoms with Gasteiger partial charge in [0.25, 0.3) is 5.91 Å². The summed E-state index contributed by atoms with van der Waals surface area (Å²) in [4.78, 5) is 17.1. The van der Waals surface area contributed by atoms with Gasteiger partial charge in [-0.05, 0) is 45.8 Å². The number of carbonyl (C=O) groups is 1. The maximum Gasteiger partial charge on any atom is 0.289 e. The van der Waals surface area contributed by atoms with Crippen molar-refractivity contribution in [2.75, 3.05) is 27.2 Å². The van der Waals surface area contributed by atoms with E-state index in [1.54, 1.807) is 0 Å². The molecular weight excluding hydrogens is 302 g/mol. The van der Waals surface area contributed by atoms with Crippen molar-refractivity contribution in [3.8, 4) is 0 Å². The number of piperidine rings is 1. The van der Waals surface area contributed by atoms with Crippen LogP contribution in [0.2, 0.25) is 0 Å². The maximum absolute atomic E-state index is 13.1. The number of para-hydroxylation sites is 1. The van der Waals surface area contributed by atoms with Gasteiger partial charge in [0, 0.05) is 36.6 Å². The summed E-state index contributed by atoms with van der Waals surface area (Å²) >= 11 is 0. The molecule has 0 spiro atoms. The number of carbonyl (C=O) groups excluding carboxylic acids is 1. The molecule has 2 heterocycles. The maximum atomic E-state index is 13.1. The first-order valence-corrected chi connectivity index (χ1v) is 8.67. The lowest BCUT2D eigenvalue weighted by Gasteiger charge is -2.34. The molecular formula is C19H27N3O2. The van der Waals surface area contributed by atoms with Crippen molar-refractivity contribution in [2.24, 2.45) is 11.7 Å². The molecule has 0 saturated carbocycles. The molecule has 2 aromatic rings. The predicted octanol–water partition coefficient (Wildman–Crippen LogP) is 2.69. The van der Waals surface area contributed by atoms with Crippen LogP contribution in [0.5, 0.6) is 0 Å². The molecule has 1 aromatic heterocycles. The van der Waals surface area contributed by atoms with Crippen molar-refractivity contribution in [2.45, 2.75) is 32.4 Å². The van der Waals surface area contributed by atoms with Gasteiger partial charge < -0.3 is 20.0 Å². The number of hydrogen-bond acceptors (Lipinski definition) is 4. The Labute approximate surface area is 143 Å². The van der Waals surface area contributed by atoms with Crippen molar-refractivity contribution in [1.82, 2.24) is 9.80 Å². The third kappa shape index (κ3) is 3.32. The molecule has 1 aromatic carbocycles. The van der Waals surface area contributed by atoms with Crippen LogP contribution in [0.25, 0.3) is 11.0 Å². The van der Waals surface area contributed by atoms with Gasteiger partial charge in [0.1, 0.15) is 5.58 Å². The lowest BCUT2D eigenvalue weighted by molar-refractivity contribution is 0.0629. The Hall–Kier alpha value is -1.85. The number of nitrogens with two attached hydrogens (primary N) is 1. The van der Waals surface area contributed by atoms with Gasteiger partial charge in [-0.1, -0.05) is 18.2 Å². The van der Waals surface area contributed by atoms with Crippen molar-refractivity contribution < 1.29 is 9.21 Å². The highest BCUT2D eigenvalue weighted by Gasteiger charge is 2.30. The van der Waals surface area contributed by atoms with E-state index in [-0.39, 0.29) is 11.9 Å². The van der Waals surface area contributed by atoms with E-state index in [1.165, 1.54) is 0 Å². The number of benzene rings is 1. The number of rotatable bonds is 4. The van der Waals surface area contributed by atoms with Crippen LogP contribution in [-0.4, -0.2) is 48.9 Å². The SMILES string of the molecule is C[C@H](N)[C@H]1CCCN(C(=O)c2oc3ccccc3c2CN(C)C)C1. The number of amides is 1. The van der Waals surface area contributed by atoms with Gasteiger partial charge in [-0.15, -0.1) is 0 Å². The molecule has 0 aliphatic carbocycles. The Morgan fingerprint density at radius 1 is 1.42 bits per heavy atom. The van der Waals surface area contributed by atoms with Crippen LogP contribution in [0.3, 0.4) is 0 Å². The van der Waals surface area contributed by atoms with E-state index in [0.29, 0.717) is 18.2 Å². The second-order valence-electron chi connectivity index (χ2n) is 7.16. The first kappa shape index (κ1) is 17.0. The topological polar surface area (TPSA) is 62.7 Å². The number of fused-ring (bicyclic) bond motifs is 1. The minimum atomic E-state index is -0.00611. The molecule has 2 N–H and O–H groups in total. The molecule has 24 heavy (non-hydrogen) atoms. The minimum Gasteiger partial charge on any atom is -0.451 e. The van der Waals surface area contributed by atoms with Crippen LogP contribution in [-0.2, 0) is 6.54 Å². The highest BCUT2D eigenvalue weighted by molar-refractivity contribution is 5.99. The van der Waals surface area contributed by atoms with Crippen LogP contribution in [0.1, 0.15) is 35.9 Å². The lowest BCUT2D eigenvalue weighted by atomic mass is 9.92. The molecule has 130 valence electrons. The van der Waals surface area contributed by atoms with Crippen molar-refractivity contribution >= 4 is 16.9 Å². The van der Waals surface area contributed by atoms with Crippen LogP contribution in [0.15, 0.2) is 28.7 Å². The van der Waals surface area contributed by atoms with Gasteiger partial charge in [-0.2, -0.15) is 0 Å². The van der Waals surface area contributed by atoms with E-state index in [4.69, 9.17) is 10.2 Å². The zero-order valence-electron chi connectivity index (χ0n) is 14.8. The van der Waals surface area contributed by atoms with Gasteiger partial charge in [0.05, 0.1) is 0 Å². The zero-order valence-corrected chi connectivity index (χ0v) is 14.8. The fourth-order valence-electron chi connectivity index (χ4n) is 3.51. The third-order valence-corrected chi connectivity index (χ3v) is 4.86. The molecule has 1 aliphatic rings. The minimum absolute atomic E-state index is 0.00611. The van der Waals surface area contributed by atoms with Crippen molar-refractivity contribution in [3.63, 3.8) is 0 Å². The normalized spacial score (nSPS) is 19.9. The van der Waals surface area contributed by atoms with E-state index < -0.39 is 0 Å². The summed E-state index contributed by atoms with van der Waals surface area (Å²) in [5.41, 5.74) is 7.81. The van der Waals surface area contributed by atoms with E-state index in [9.17, 15) is 4.79 Å². The molecule has 0 unspecified atom stereocenters. The smallest absolute Gasteiger partial charge is 0.289 e. The number of nitrogens with zero attached hydrogens (tertiary/aromatic N) is 2. The van der Waals surface area contributed by atoms with Crippen molar-refractivity contribution in [3.05, 3.63) is 35.6 Å². The average Bonchev–Trinajstić information content (AvgIpc) is 2.92. The Morgan fingerprint density at radius 2 is 2.17 bits per heavy atom. The quantitative estimate of drug-likeness (QED) is 0.937. The molecule has 0 bridgehead atoms. The summed E-state index contributed by atoms with van der Waals surface area (Å²) in [6.07, 6.45) is 2.09. The Morgan fingerprint density at radius 3 is 2.88 bits per heavy atom. The second kappa shape index (κ2) is 6.95. The largest absolute Gasteiger partial charge is 0.451 e. The fraction of sp³-hybridized carbons (Fsp3) is 0.526. The number of furan rings is 1. The molecule has 1 aliphatic heterocycles. The molecule has 0 radical (unpaired) electrons. The summed E-state index contributed by atoms with van der Waals surface area (Å²) in [6, 6.07) is 7.98. The fourth-order valence-corrected chi connectivity index (χ4v) is 3.51. The summed E-state index contributed by atoms with van der Waals surface area (Å²) in [5, 5.41) is 1.02. The molecule has 1 amide bonds. The predicted molar refractivity (Wildman–Crippen MR) is 95.9 cm³/mol. The monoisotopic (exact) mass is 329 g/mol. The van der Waals surface area contributed by atoms with Gasteiger partial charge in [-0.3, -0.25) is 4.79 Å². The number of hydrogen-bond donors (Lipinski definition) is 1.